The van der Waals surface area contributed by atoms with E-state index in [2.05, 4.69) is 20.6 Å². The minimum Gasteiger partial charge on any atom is -0.348 e. The number of hydrogen-bond acceptors (Lipinski definition) is 6. The second kappa shape index (κ2) is 6.97. The van der Waals surface area contributed by atoms with Gasteiger partial charge in [0.2, 0.25) is 0 Å². The molecule has 0 fully saturated rings. The number of carbonyl (C=O) groups excluding carboxylic acids is 2. The fraction of sp³-hybridized carbons (Fsp3) is 0.429. The molecule has 0 saturated heterocycles. The number of carbonyl (C=O) groups is 2. The van der Waals surface area contributed by atoms with Gasteiger partial charge >= 0.3 is 0 Å². The summed E-state index contributed by atoms with van der Waals surface area (Å²) in [5.74, 6) is -0.345. The highest BCUT2D eigenvalue weighted by atomic mass is 32.1. The first kappa shape index (κ1) is 16.6. The predicted molar refractivity (Wildman–Crippen MR) is 87.3 cm³/mol. The second-order valence-corrected chi connectivity index (χ2v) is 6.89. The lowest BCUT2D eigenvalue weighted by atomic mass is 9.88. The molecule has 0 aromatic carbocycles. The summed E-state index contributed by atoms with van der Waals surface area (Å²) < 4.78 is 0. The molecular formula is C14H18N4O2S2. The van der Waals surface area contributed by atoms with Crippen LogP contribution in [0, 0.1) is 5.92 Å². The third-order valence-corrected chi connectivity index (χ3v) is 4.79. The molecule has 118 valence electrons. The van der Waals surface area contributed by atoms with Crippen LogP contribution in [0.4, 0.5) is 0 Å². The first-order valence-corrected chi connectivity index (χ1v) is 8.68. The average molecular weight is 338 g/mol. The predicted octanol–water partition coefficient (Wildman–Crippen LogP) is 2.17. The lowest BCUT2D eigenvalue weighted by Crippen LogP contribution is -2.57. The lowest BCUT2D eigenvalue weighted by Gasteiger charge is -2.34. The van der Waals surface area contributed by atoms with E-state index in [9.17, 15) is 9.59 Å². The molecule has 0 spiro atoms. The molecule has 1 atom stereocenters. The summed E-state index contributed by atoms with van der Waals surface area (Å²) in [6, 6.07) is 0. The van der Waals surface area contributed by atoms with E-state index in [-0.39, 0.29) is 17.7 Å². The molecular weight excluding hydrogens is 320 g/mol. The van der Waals surface area contributed by atoms with Crippen LogP contribution in [-0.2, 0) is 0 Å². The Morgan fingerprint density at radius 2 is 1.68 bits per heavy atom. The second-order valence-electron chi connectivity index (χ2n) is 5.46. The third kappa shape index (κ3) is 3.89. The van der Waals surface area contributed by atoms with Crippen LogP contribution in [0.1, 0.15) is 41.7 Å². The maximum absolute atomic E-state index is 12.2. The average Bonchev–Trinajstić information content (AvgIpc) is 3.16. The molecule has 0 aliphatic carbocycles. The molecule has 0 aliphatic heterocycles. The highest BCUT2D eigenvalue weighted by Crippen LogP contribution is 2.17. The number of nitrogens with one attached hydrogen (secondary N) is 2. The molecule has 2 amide bonds. The minimum absolute atomic E-state index is 0.130. The van der Waals surface area contributed by atoms with E-state index in [1.54, 1.807) is 21.8 Å². The van der Waals surface area contributed by atoms with E-state index in [0.29, 0.717) is 17.9 Å². The van der Waals surface area contributed by atoms with Gasteiger partial charge in [0.15, 0.2) is 0 Å². The smallest absolute Gasteiger partial charge is 0.271 e. The molecule has 2 heterocycles. The summed E-state index contributed by atoms with van der Waals surface area (Å²) >= 11 is 2.74. The Balaban J connectivity index is 2.01. The van der Waals surface area contributed by atoms with Crippen molar-refractivity contribution in [3.63, 3.8) is 0 Å². The number of nitrogens with zero attached hydrogens (tertiary/aromatic N) is 2. The van der Waals surface area contributed by atoms with Gasteiger partial charge in [0.1, 0.15) is 11.4 Å². The topological polar surface area (TPSA) is 84.0 Å². The van der Waals surface area contributed by atoms with E-state index >= 15 is 0 Å². The van der Waals surface area contributed by atoms with Crippen molar-refractivity contribution in [1.82, 2.24) is 20.6 Å². The summed E-state index contributed by atoms with van der Waals surface area (Å²) in [7, 11) is 0. The van der Waals surface area contributed by atoms with Gasteiger partial charge in [-0.3, -0.25) is 9.59 Å². The Kier molecular flexibility index (Phi) is 5.25. The molecule has 2 N–H and O–H groups in total. The number of thiazole rings is 2. The summed E-state index contributed by atoms with van der Waals surface area (Å²) in [5.41, 5.74) is 3.43. The molecule has 0 saturated carbocycles. The van der Waals surface area contributed by atoms with Crippen LogP contribution in [-0.4, -0.2) is 33.9 Å². The van der Waals surface area contributed by atoms with Gasteiger partial charge in [-0.25, -0.2) is 9.97 Å². The first-order chi connectivity index (χ1) is 10.4. The number of rotatable bonds is 6. The zero-order valence-electron chi connectivity index (χ0n) is 12.6. The molecule has 1 unspecified atom stereocenters. The van der Waals surface area contributed by atoms with Crippen molar-refractivity contribution < 1.29 is 9.59 Å². The van der Waals surface area contributed by atoms with Crippen molar-refractivity contribution in [2.75, 3.05) is 6.54 Å². The zero-order valence-corrected chi connectivity index (χ0v) is 14.3. The van der Waals surface area contributed by atoms with E-state index in [4.69, 9.17) is 0 Å². The molecule has 2 rings (SSSR count). The number of amides is 2. The Labute approximate surface area is 137 Å². The monoisotopic (exact) mass is 338 g/mol. The van der Waals surface area contributed by atoms with Crippen molar-refractivity contribution in [3.8, 4) is 0 Å². The van der Waals surface area contributed by atoms with E-state index < -0.39 is 5.54 Å². The van der Waals surface area contributed by atoms with Crippen molar-refractivity contribution in [1.29, 1.82) is 0 Å². The van der Waals surface area contributed by atoms with Crippen LogP contribution in [0.25, 0.3) is 0 Å². The lowest BCUT2D eigenvalue weighted by molar-refractivity contribution is 0.0839. The minimum atomic E-state index is -0.577. The van der Waals surface area contributed by atoms with Gasteiger partial charge in [-0.15, -0.1) is 22.7 Å². The Morgan fingerprint density at radius 1 is 1.14 bits per heavy atom. The van der Waals surface area contributed by atoms with E-state index in [1.165, 1.54) is 22.7 Å². The largest absolute Gasteiger partial charge is 0.348 e. The number of aromatic nitrogens is 2. The SMILES string of the molecule is CC(C)C(C)(CNC(=O)c1cscn1)NC(=O)c1cscn1. The van der Waals surface area contributed by atoms with Crippen LogP contribution in [0.15, 0.2) is 21.8 Å². The number of hydrogen-bond donors (Lipinski definition) is 2. The first-order valence-electron chi connectivity index (χ1n) is 6.79. The summed E-state index contributed by atoms with van der Waals surface area (Å²) in [4.78, 5) is 32.2. The Hall–Kier alpha value is -1.80. The molecule has 8 heteroatoms. The van der Waals surface area contributed by atoms with E-state index in [1.807, 2.05) is 20.8 Å². The molecule has 0 bridgehead atoms. The zero-order chi connectivity index (χ0) is 16.2. The van der Waals surface area contributed by atoms with Crippen LogP contribution < -0.4 is 10.6 Å². The van der Waals surface area contributed by atoms with Gasteiger partial charge in [0.05, 0.1) is 16.6 Å². The van der Waals surface area contributed by atoms with Crippen molar-refractivity contribution in [2.24, 2.45) is 5.92 Å². The molecule has 2 aromatic rings. The van der Waals surface area contributed by atoms with Crippen LogP contribution in [0.5, 0.6) is 0 Å². The van der Waals surface area contributed by atoms with Gasteiger partial charge in [0.25, 0.3) is 11.8 Å². The van der Waals surface area contributed by atoms with Crippen molar-refractivity contribution in [3.05, 3.63) is 33.2 Å². The quantitative estimate of drug-likeness (QED) is 0.845. The maximum atomic E-state index is 12.2. The molecule has 6 nitrogen and oxygen atoms in total. The van der Waals surface area contributed by atoms with Crippen LogP contribution in [0.2, 0.25) is 0 Å². The fourth-order valence-electron chi connectivity index (χ4n) is 1.72. The molecule has 22 heavy (non-hydrogen) atoms. The molecule has 2 aromatic heterocycles. The van der Waals surface area contributed by atoms with Crippen molar-refractivity contribution in [2.45, 2.75) is 26.3 Å². The van der Waals surface area contributed by atoms with Gasteiger partial charge in [-0.1, -0.05) is 13.8 Å². The van der Waals surface area contributed by atoms with Crippen molar-refractivity contribution >= 4 is 34.5 Å². The summed E-state index contributed by atoms with van der Waals surface area (Å²) in [5, 5.41) is 9.19. The normalized spacial score (nSPS) is 13.6. The Bertz CT molecular complexity index is 625. The van der Waals surface area contributed by atoms with Gasteiger partial charge in [-0.2, -0.15) is 0 Å². The van der Waals surface area contributed by atoms with Gasteiger partial charge in [0, 0.05) is 17.3 Å². The molecule has 0 aliphatic rings. The van der Waals surface area contributed by atoms with Gasteiger partial charge in [-0.05, 0) is 12.8 Å². The van der Waals surface area contributed by atoms with E-state index in [0.717, 1.165) is 0 Å². The van der Waals surface area contributed by atoms with Gasteiger partial charge < -0.3 is 10.6 Å². The standard InChI is InChI=1S/C14H18N4O2S2/c1-9(2)14(3,18-13(20)11-5-22-8-17-11)6-15-12(19)10-4-21-7-16-10/h4-5,7-9H,6H2,1-3H3,(H,15,19)(H,18,20). The maximum Gasteiger partial charge on any atom is 0.271 e. The highest BCUT2D eigenvalue weighted by molar-refractivity contribution is 7.08. The highest BCUT2D eigenvalue weighted by Gasteiger charge is 2.31. The molecule has 0 radical (unpaired) electrons. The summed E-state index contributed by atoms with van der Waals surface area (Å²) in [6.45, 7) is 6.22. The van der Waals surface area contributed by atoms with Crippen LogP contribution >= 0.6 is 22.7 Å². The Morgan fingerprint density at radius 3 is 2.14 bits per heavy atom. The fourth-order valence-corrected chi connectivity index (χ4v) is 2.78. The van der Waals surface area contributed by atoms with Crippen LogP contribution in [0.3, 0.4) is 0 Å². The summed E-state index contributed by atoms with van der Waals surface area (Å²) in [6.07, 6.45) is 0. The third-order valence-electron chi connectivity index (χ3n) is 3.62.